The Hall–Kier alpha value is -2.63. The number of nitrogens with zero attached hydrogens (tertiary/aromatic N) is 2. The minimum absolute atomic E-state index is 0.189. The monoisotopic (exact) mass is 328 g/mol. The summed E-state index contributed by atoms with van der Waals surface area (Å²) < 4.78 is 5.40. The number of amides is 1. The molecule has 6 nitrogen and oxygen atoms in total. The van der Waals surface area contributed by atoms with Gasteiger partial charge in [0.25, 0.3) is 5.91 Å². The molecule has 1 aromatic carbocycles. The van der Waals surface area contributed by atoms with Crippen LogP contribution in [0.4, 0.5) is 11.5 Å². The van der Waals surface area contributed by atoms with E-state index in [1.807, 2.05) is 31.2 Å². The number of aromatic nitrogens is 2. The Morgan fingerprint density at radius 1 is 1.08 bits per heavy atom. The Labute approximate surface area is 142 Å². The molecule has 1 aromatic heterocycles. The molecular formula is C18H24N4O2. The van der Waals surface area contributed by atoms with Gasteiger partial charge in [0.2, 0.25) is 0 Å². The first-order valence-electron chi connectivity index (χ1n) is 8.33. The van der Waals surface area contributed by atoms with Crippen LogP contribution in [-0.2, 0) is 0 Å². The lowest BCUT2D eigenvalue weighted by Gasteiger charge is -2.08. The van der Waals surface area contributed by atoms with Crippen LogP contribution in [0.25, 0.3) is 0 Å². The lowest BCUT2D eigenvalue weighted by atomic mass is 10.2. The van der Waals surface area contributed by atoms with Crippen LogP contribution in [0.15, 0.2) is 36.7 Å². The lowest BCUT2D eigenvalue weighted by molar-refractivity contribution is 0.0947. The van der Waals surface area contributed by atoms with Crippen molar-refractivity contribution in [1.82, 2.24) is 15.3 Å². The van der Waals surface area contributed by atoms with E-state index in [-0.39, 0.29) is 5.91 Å². The first-order chi connectivity index (χ1) is 11.7. The molecule has 0 aliphatic heterocycles. The summed E-state index contributed by atoms with van der Waals surface area (Å²) in [7, 11) is 0. The maximum absolute atomic E-state index is 11.9. The zero-order chi connectivity index (χ0) is 17.2. The maximum Gasteiger partial charge on any atom is 0.271 e. The number of rotatable bonds is 9. The van der Waals surface area contributed by atoms with Crippen molar-refractivity contribution in [1.29, 1.82) is 0 Å². The average molecular weight is 328 g/mol. The molecule has 128 valence electrons. The van der Waals surface area contributed by atoms with Crippen molar-refractivity contribution in [3.8, 4) is 5.75 Å². The van der Waals surface area contributed by atoms with Gasteiger partial charge in [0.1, 0.15) is 17.3 Å². The molecule has 0 bridgehead atoms. The second-order valence-electron chi connectivity index (χ2n) is 5.33. The summed E-state index contributed by atoms with van der Waals surface area (Å²) in [5.41, 5.74) is 1.20. The minimum atomic E-state index is -0.189. The second kappa shape index (κ2) is 9.50. The largest absolute Gasteiger partial charge is 0.494 e. The summed E-state index contributed by atoms with van der Waals surface area (Å²) in [6.07, 6.45) is 6.25. The summed E-state index contributed by atoms with van der Waals surface area (Å²) in [5, 5.41) is 5.98. The molecule has 0 atom stereocenters. The van der Waals surface area contributed by atoms with Crippen LogP contribution in [0, 0.1) is 0 Å². The third kappa shape index (κ3) is 5.53. The summed E-state index contributed by atoms with van der Waals surface area (Å²) in [5.74, 6) is 1.22. The number of nitrogens with one attached hydrogen (secondary N) is 2. The van der Waals surface area contributed by atoms with Crippen LogP contribution in [0.3, 0.4) is 0 Å². The van der Waals surface area contributed by atoms with Gasteiger partial charge in [-0.25, -0.2) is 9.97 Å². The van der Waals surface area contributed by atoms with Crippen LogP contribution in [0.1, 0.15) is 43.6 Å². The fourth-order valence-electron chi connectivity index (χ4n) is 2.13. The number of carbonyl (C=O) groups is 1. The quantitative estimate of drug-likeness (QED) is 0.689. The molecule has 0 saturated carbocycles. The molecule has 0 radical (unpaired) electrons. The molecule has 0 saturated heterocycles. The van der Waals surface area contributed by atoms with Crippen LogP contribution >= 0.6 is 0 Å². The van der Waals surface area contributed by atoms with Gasteiger partial charge in [-0.1, -0.05) is 19.8 Å². The first kappa shape index (κ1) is 17.7. The van der Waals surface area contributed by atoms with E-state index in [9.17, 15) is 4.79 Å². The predicted octanol–water partition coefficient (Wildman–Crippen LogP) is 3.54. The molecule has 0 unspecified atom stereocenters. The number of hydrogen-bond donors (Lipinski definition) is 2. The van der Waals surface area contributed by atoms with E-state index in [1.54, 1.807) is 6.20 Å². The summed E-state index contributed by atoms with van der Waals surface area (Å²) in [4.78, 5) is 20.3. The van der Waals surface area contributed by atoms with Gasteiger partial charge >= 0.3 is 0 Å². The van der Waals surface area contributed by atoms with Crippen molar-refractivity contribution in [3.63, 3.8) is 0 Å². The zero-order valence-electron chi connectivity index (χ0n) is 14.2. The molecule has 0 fully saturated rings. The van der Waals surface area contributed by atoms with Gasteiger partial charge in [0, 0.05) is 12.2 Å². The van der Waals surface area contributed by atoms with Gasteiger partial charge in [0.05, 0.1) is 19.0 Å². The standard InChI is InChI=1S/C18H24N4O2/c1-3-5-6-11-19-18(23)16-12-21-17(13-20-16)22-14-7-9-15(10-8-14)24-4-2/h7-10,12-13H,3-6,11H2,1-2H3,(H,19,23)(H,21,22). The predicted molar refractivity (Wildman–Crippen MR) is 94.8 cm³/mol. The zero-order valence-corrected chi connectivity index (χ0v) is 14.2. The fourth-order valence-corrected chi connectivity index (χ4v) is 2.13. The third-order valence-electron chi connectivity index (χ3n) is 3.39. The SMILES string of the molecule is CCCCCNC(=O)c1cnc(Nc2ccc(OCC)cc2)cn1. The molecule has 6 heteroatoms. The molecule has 24 heavy (non-hydrogen) atoms. The highest BCUT2D eigenvalue weighted by Gasteiger charge is 2.07. The Morgan fingerprint density at radius 2 is 1.88 bits per heavy atom. The van der Waals surface area contributed by atoms with Gasteiger partial charge in [-0.05, 0) is 37.6 Å². The molecule has 1 heterocycles. The van der Waals surface area contributed by atoms with Gasteiger partial charge in [-0.3, -0.25) is 4.79 Å². The molecule has 2 rings (SSSR count). The van der Waals surface area contributed by atoms with E-state index in [0.717, 1.165) is 30.7 Å². The highest BCUT2D eigenvalue weighted by Crippen LogP contribution is 2.18. The second-order valence-corrected chi connectivity index (χ2v) is 5.33. The highest BCUT2D eigenvalue weighted by atomic mass is 16.5. The molecule has 0 aliphatic rings. The maximum atomic E-state index is 11.9. The minimum Gasteiger partial charge on any atom is -0.494 e. The summed E-state index contributed by atoms with van der Waals surface area (Å²) in [6, 6.07) is 7.58. The number of unbranched alkanes of at least 4 members (excludes halogenated alkanes) is 2. The van der Waals surface area contributed by atoms with Gasteiger partial charge in [-0.15, -0.1) is 0 Å². The number of anilines is 2. The topological polar surface area (TPSA) is 76.1 Å². The van der Waals surface area contributed by atoms with Crippen molar-refractivity contribution in [2.75, 3.05) is 18.5 Å². The van der Waals surface area contributed by atoms with E-state index < -0.39 is 0 Å². The van der Waals surface area contributed by atoms with Crippen molar-refractivity contribution in [2.24, 2.45) is 0 Å². The van der Waals surface area contributed by atoms with Crippen molar-refractivity contribution < 1.29 is 9.53 Å². The van der Waals surface area contributed by atoms with E-state index in [2.05, 4.69) is 27.5 Å². The molecule has 0 spiro atoms. The van der Waals surface area contributed by atoms with Crippen LogP contribution in [-0.4, -0.2) is 29.0 Å². The summed E-state index contributed by atoms with van der Waals surface area (Å²) in [6.45, 7) is 5.38. The molecule has 0 aliphatic carbocycles. The van der Waals surface area contributed by atoms with Crippen LogP contribution < -0.4 is 15.4 Å². The number of benzene rings is 1. The van der Waals surface area contributed by atoms with E-state index in [0.29, 0.717) is 24.7 Å². The average Bonchev–Trinajstić information content (AvgIpc) is 2.61. The van der Waals surface area contributed by atoms with Crippen molar-refractivity contribution in [2.45, 2.75) is 33.1 Å². The highest BCUT2D eigenvalue weighted by molar-refractivity contribution is 5.92. The summed E-state index contributed by atoms with van der Waals surface area (Å²) >= 11 is 0. The Balaban J connectivity index is 1.88. The third-order valence-corrected chi connectivity index (χ3v) is 3.39. The van der Waals surface area contributed by atoms with Crippen molar-refractivity contribution in [3.05, 3.63) is 42.4 Å². The van der Waals surface area contributed by atoms with E-state index >= 15 is 0 Å². The number of hydrogen-bond acceptors (Lipinski definition) is 5. The molecular weight excluding hydrogens is 304 g/mol. The van der Waals surface area contributed by atoms with Gasteiger partial charge in [-0.2, -0.15) is 0 Å². The number of carbonyl (C=O) groups excluding carboxylic acids is 1. The van der Waals surface area contributed by atoms with E-state index in [1.165, 1.54) is 6.20 Å². The van der Waals surface area contributed by atoms with Crippen LogP contribution in [0.2, 0.25) is 0 Å². The fraction of sp³-hybridized carbons (Fsp3) is 0.389. The smallest absolute Gasteiger partial charge is 0.271 e. The Bertz CT molecular complexity index is 626. The Kier molecular flexibility index (Phi) is 7.01. The van der Waals surface area contributed by atoms with Gasteiger partial charge < -0.3 is 15.4 Å². The van der Waals surface area contributed by atoms with Gasteiger partial charge in [0.15, 0.2) is 0 Å². The molecule has 2 N–H and O–H groups in total. The first-order valence-corrected chi connectivity index (χ1v) is 8.33. The van der Waals surface area contributed by atoms with Crippen molar-refractivity contribution >= 4 is 17.4 Å². The Morgan fingerprint density at radius 3 is 2.50 bits per heavy atom. The molecule has 1 amide bonds. The van der Waals surface area contributed by atoms with E-state index in [4.69, 9.17) is 4.74 Å². The van der Waals surface area contributed by atoms with Crippen LogP contribution in [0.5, 0.6) is 5.75 Å². The molecule has 2 aromatic rings. The number of ether oxygens (including phenoxy) is 1. The normalized spacial score (nSPS) is 10.2. The lowest BCUT2D eigenvalue weighted by Crippen LogP contribution is -2.25.